The van der Waals surface area contributed by atoms with Gasteiger partial charge < -0.3 is 20.6 Å². The van der Waals surface area contributed by atoms with E-state index in [1.807, 2.05) is 6.92 Å². The molecule has 7 heteroatoms. The number of ether oxygens (including phenoxy) is 3. The predicted octanol–water partition coefficient (Wildman–Crippen LogP) is 4.63. The normalized spacial score (nSPS) is 9.77. The van der Waals surface area contributed by atoms with Gasteiger partial charge in [-0.1, -0.05) is 5.92 Å². The largest absolute Gasteiger partial charge is 1.00 e. The van der Waals surface area contributed by atoms with Crippen LogP contribution < -0.4 is 18.9 Å². The Labute approximate surface area is 213 Å². The van der Waals surface area contributed by atoms with Crippen LogP contribution in [0.25, 0.3) is 0 Å². The van der Waals surface area contributed by atoms with Gasteiger partial charge in [-0.15, -0.1) is 11.6 Å². The predicted molar refractivity (Wildman–Crippen MR) is 133 cm³/mol. The van der Waals surface area contributed by atoms with Crippen molar-refractivity contribution in [3.8, 4) is 18.1 Å². The van der Waals surface area contributed by atoms with Crippen molar-refractivity contribution < 1.29 is 33.1 Å². The molecule has 0 spiro atoms. The number of methoxy groups -OCH3 is 3. The Bertz CT molecular complexity index is 370. The fourth-order valence-corrected chi connectivity index (χ4v) is 15.4. The zero-order valence-electron chi connectivity index (χ0n) is 21.1. The van der Waals surface area contributed by atoms with Crippen LogP contribution >= 0.6 is 20.5 Å². The van der Waals surface area contributed by atoms with E-state index in [4.69, 9.17) is 31.7 Å². The molecule has 0 amide bonds. The summed E-state index contributed by atoms with van der Waals surface area (Å²) in [5, 5.41) is 0. The van der Waals surface area contributed by atoms with E-state index in [0.29, 0.717) is 5.88 Å². The zero-order valence-corrected chi connectivity index (χ0v) is 25.5. The van der Waals surface area contributed by atoms with Crippen LogP contribution in [0.5, 0.6) is 0 Å². The Kier molecular flexibility index (Phi) is 50.5. The van der Waals surface area contributed by atoms with Crippen molar-refractivity contribution in [3.05, 3.63) is 6.42 Å². The molecule has 1 unspecified atom stereocenters. The number of hydrogen-bond acceptors (Lipinski definition) is 3. The molecule has 174 valence electrons. The average Bonchev–Trinajstić information content (AvgIpc) is 2.76. The molecule has 1 atom stereocenters. The van der Waals surface area contributed by atoms with Crippen molar-refractivity contribution in [2.75, 3.05) is 27.2 Å². The van der Waals surface area contributed by atoms with Crippen LogP contribution in [0.3, 0.4) is 0 Å². The summed E-state index contributed by atoms with van der Waals surface area (Å²) in [5.74, 6) is 3.12. The molecule has 0 rings (SSSR count). The Morgan fingerprint density at radius 2 is 1.27 bits per heavy atom. The molecule has 0 bridgehead atoms. The van der Waals surface area contributed by atoms with Gasteiger partial charge in [0.1, 0.15) is 6.11 Å². The van der Waals surface area contributed by atoms with Gasteiger partial charge in [0.05, 0.1) is 20.3 Å². The Hall–Kier alpha value is 0.656. The second-order valence-electron chi connectivity index (χ2n) is 6.52. The number of rotatable bonds is 11. The van der Waals surface area contributed by atoms with E-state index in [9.17, 15) is 0 Å². The maximum Gasteiger partial charge on any atom is 1.00 e. The molecule has 0 heterocycles. The van der Waals surface area contributed by atoms with Crippen molar-refractivity contribution in [3.63, 3.8) is 0 Å². The summed E-state index contributed by atoms with van der Waals surface area (Å²) in [7, 11) is 11.5. The quantitative estimate of drug-likeness (QED) is 0.158. The molecular weight excluding hydrogens is 521 g/mol. The van der Waals surface area contributed by atoms with Gasteiger partial charge in [0.15, 0.2) is 0 Å². The maximum absolute atomic E-state index is 6.89. The monoisotopic (exact) mass is 566 g/mol. The second-order valence-corrected chi connectivity index (χ2v) is 23.1. The van der Waals surface area contributed by atoms with E-state index in [0.717, 1.165) is 0 Å². The maximum atomic E-state index is 6.89. The van der Waals surface area contributed by atoms with Gasteiger partial charge in [-0.25, -0.2) is 0 Å². The molecule has 0 saturated carbocycles. The zero-order chi connectivity index (χ0) is 23.4. The van der Waals surface area contributed by atoms with Crippen LogP contribution in [-0.4, -0.2) is 50.6 Å². The second kappa shape index (κ2) is 37.0. The molecule has 0 aliphatic heterocycles. The molecule has 0 aliphatic carbocycles. The molecule has 30 heavy (non-hydrogen) atoms. The molecule has 0 fully saturated rings. The summed E-state index contributed by atoms with van der Waals surface area (Å²) in [6.45, 7) is 10.5. The van der Waals surface area contributed by atoms with Crippen molar-refractivity contribution in [1.29, 1.82) is 0 Å². The number of halogens is 2. The summed E-state index contributed by atoms with van der Waals surface area (Å²) in [6, 6.07) is 0. The summed E-state index contributed by atoms with van der Waals surface area (Å²) in [6.07, 6.45) is 18.3. The van der Waals surface area contributed by atoms with E-state index in [1.54, 1.807) is 20.1 Å². The van der Waals surface area contributed by atoms with Gasteiger partial charge in [0.25, 0.3) is 0 Å². The van der Waals surface area contributed by atoms with Gasteiger partial charge >= 0.3 is 118 Å². The first-order valence-electron chi connectivity index (χ1n) is 10.5. The summed E-state index contributed by atoms with van der Waals surface area (Å²) in [5.41, 5.74) is 0. The SMILES string of the molecule is CC#COC.CCC[CH2][Sn]([Cl])([CH2]CCC)[CH2]CCC.COC(C)CCl.[C-]#COC.[Li+]. The molecule has 0 aromatic carbocycles. The standard InChI is InChI=1S/C4H9ClO.C4H6O.3C4H9.C3H3O.ClH.Li.Sn/c1-4(3-5)6-2;1-3-4-5-2;4*1-3-4-2;;;/h4H,3H2,1-2H3;1-2H3;3*1,3-4H2,2H3;2H3;1H;;/q;;;;;-1;;2*+1/p-1. The van der Waals surface area contributed by atoms with Crippen LogP contribution in [0.15, 0.2) is 0 Å². The fraction of sp³-hybridized carbons (Fsp3) is 0.826. The van der Waals surface area contributed by atoms with Crippen LogP contribution in [0.4, 0.5) is 0 Å². The van der Waals surface area contributed by atoms with Gasteiger partial charge in [0.2, 0.25) is 0 Å². The third-order valence-electron chi connectivity index (χ3n) is 3.86. The number of unbranched alkanes of at least 4 members (excludes halogenated alkanes) is 3. The van der Waals surface area contributed by atoms with Crippen molar-refractivity contribution in [2.45, 2.75) is 92.6 Å². The number of alkyl halides is 1. The first-order valence-corrected chi connectivity index (χ1v) is 20.7. The Morgan fingerprint density at radius 3 is 1.37 bits per heavy atom. The summed E-state index contributed by atoms with van der Waals surface area (Å²) >= 11 is 3.24. The molecule has 0 aliphatic rings. The van der Waals surface area contributed by atoms with Crippen LogP contribution in [-0.2, 0) is 14.2 Å². The van der Waals surface area contributed by atoms with Crippen LogP contribution in [0.2, 0.25) is 13.3 Å². The first-order chi connectivity index (χ1) is 13.8. The average molecular weight is 566 g/mol. The van der Waals surface area contributed by atoms with E-state index in [-0.39, 0.29) is 25.0 Å². The van der Waals surface area contributed by atoms with Crippen molar-refractivity contribution in [1.82, 2.24) is 0 Å². The topological polar surface area (TPSA) is 27.7 Å². The third kappa shape index (κ3) is 42.7. The minimum absolute atomic E-state index is 0. The molecule has 0 saturated heterocycles. The molecular formula is C23H45Cl2LiO3Sn. The van der Waals surface area contributed by atoms with E-state index >= 15 is 0 Å². The van der Waals surface area contributed by atoms with Gasteiger partial charge in [0, 0.05) is 19.9 Å². The van der Waals surface area contributed by atoms with E-state index in [2.05, 4.69) is 42.3 Å². The van der Waals surface area contributed by atoms with E-state index in [1.165, 1.54) is 66.1 Å². The van der Waals surface area contributed by atoms with Gasteiger partial charge in [-0.2, -0.15) is 6.11 Å². The summed E-state index contributed by atoms with van der Waals surface area (Å²) < 4.78 is 17.3. The third-order valence-corrected chi connectivity index (χ3v) is 18.8. The molecule has 0 N–H and O–H groups in total. The first kappa shape index (κ1) is 41.0. The van der Waals surface area contributed by atoms with Gasteiger partial charge in [-0.3, -0.25) is 0 Å². The molecule has 0 radical (unpaired) electrons. The smallest absolute Gasteiger partial charge is 0.648 e. The minimum atomic E-state index is -2.09. The molecule has 0 aromatic heterocycles. The number of hydrogen-bond donors (Lipinski definition) is 0. The van der Waals surface area contributed by atoms with Crippen LogP contribution in [0, 0.1) is 24.6 Å². The molecule has 3 nitrogen and oxygen atoms in total. The fourth-order valence-electron chi connectivity index (χ4n) is 2.02. The minimum Gasteiger partial charge on any atom is -0.648 e. The Balaban J connectivity index is -0.000000108. The van der Waals surface area contributed by atoms with Crippen molar-refractivity contribution in [2.24, 2.45) is 0 Å². The van der Waals surface area contributed by atoms with Gasteiger partial charge in [-0.05, 0) is 6.92 Å². The summed E-state index contributed by atoms with van der Waals surface area (Å²) in [4.78, 5) is 0. The van der Waals surface area contributed by atoms with Crippen molar-refractivity contribution >= 4 is 37.8 Å². The van der Waals surface area contributed by atoms with E-state index < -0.39 is 17.3 Å². The molecule has 0 aromatic rings. The Morgan fingerprint density at radius 1 is 0.900 bits per heavy atom. The van der Waals surface area contributed by atoms with Crippen LogP contribution in [0.1, 0.15) is 73.1 Å².